The van der Waals surface area contributed by atoms with Crippen LogP contribution in [-0.2, 0) is 4.74 Å². The molecule has 4 heteroatoms. The van der Waals surface area contributed by atoms with Crippen LogP contribution in [-0.4, -0.2) is 24.3 Å². The largest absolute Gasteiger partial charge is 0.491 e. The van der Waals surface area contributed by atoms with Crippen molar-refractivity contribution < 1.29 is 13.9 Å². The third kappa shape index (κ3) is 3.16. The Labute approximate surface area is 88.2 Å². The fourth-order valence-electron chi connectivity index (χ4n) is 1.60. The minimum absolute atomic E-state index is 0.148. The van der Waals surface area contributed by atoms with E-state index in [0.29, 0.717) is 12.4 Å². The molecule has 1 unspecified atom stereocenters. The first-order valence-electron chi connectivity index (χ1n) is 5.20. The van der Waals surface area contributed by atoms with Gasteiger partial charge in [0, 0.05) is 18.9 Å². The topological polar surface area (TPSA) is 31.4 Å². The van der Waals surface area contributed by atoms with E-state index in [-0.39, 0.29) is 6.10 Å². The van der Waals surface area contributed by atoms with Gasteiger partial charge in [-0.05, 0) is 25.3 Å². The summed E-state index contributed by atoms with van der Waals surface area (Å²) in [5, 5.41) is 0. The smallest absolute Gasteiger partial charge is 0.216 e. The van der Waals surface area contributed by atoms with Gasteiger partial charge >= 0.3 is 0 Å². The number of ether oxygens (including phenoxy) is 2. The number of nitrogens with zero attached hydrogens (tertiary/aromatic N) is 1. The Morgan fingerprint density at radius 1 is 1.53 bits per heavy atom. The molecular weight excluding hydrogens is 197 g/mol. The first kappa shape index (κ1) is 10.4. The number of rotatable bonds is 3. The molecule has 1 saturated heterocycles. The van der Waals surface area contributed by atoms with Crippen molar-refractivity contribution in [2.24, 2.45) is 0 Å². The van der Waals surface area contributed by atoms with E-state index >= 15 is 0 Å². The van der Waals surface area contributed by atoms with Gasteiger partial charge in [-0.15, -0.1) is 0 Å². The number of hydrogen-bond acceptors (Lipinski definition) is 3. The number of pyridine rings is 1. The van der Waals surface area contributed by atoms with Gasteiger partial charge in [0.2, 0.25) is 5.95 Å². The number of halogens is 1. The number of hydrogen-bond donors (Lipinski definition) is 0. The van der Waals surface area contributed by atoms with Crippen molar-refractivity contribution in [3.63, 3.8) is 0 Å². The summed E-state index contributed by atoms with van der Waals surface area (Å²) >= 11 is 0. The van der Waals surface area contributed by atoms with E-state index in [9.17, 15) is 4.39 Å². The van der Waals surface area contributed by atoms with E-state index in [1.165, 1.54) is 18.7 Å². The van der Waals surface area contributed by atoms with E-state index in [0.717, 1.165) is 19.4 Å². The van der Waals surface area contributed by atoms with Crippen molar-refractivity contribution in [1.82, 2.24) is 4.98 Å². The SMILES string of the molecule is Fc1cc(OCC2CCCCO2)ccn1. The molecule has 2 rings (SSSR count). The average Bonchev–Trinajstić information content (AvgIpc) is 2.28. The molecule has 0 aliphatic carbocycles. The van der Waals surface area contributed by atoms with Crippen LogP contribution in [0.2, 0.25) is 0 Å². The fraction of sp³-hybridized carbons (Fsp3) is 0.545. The number of aromatic nitrogens is 1. The predicted octanol–water partition coefficient (Wildman–Crippen LogP) is 2.17. The van der Waals surface area contributed by atoms with Gasteiger partial charge in [0.1, 0.15) is 12.4 Å². The lowest BCUT2D eigenvalue weighted by Gasteiger charge is -2.22. The van der Waals surface area contributed by atoms with Gasteiger partial charge in [-0.2, -0.15) is 4.39 Å². The molecule has 2 heterocycles. The van der Waals surface area contributed by atoms with Crippen LogP contribution in [0, 0.1) is 5.95 Å². The summed E-state index contributed by atoms with van der Waals surface area (Å²) in [6.07, 6.45) is 4.87. The monoisotopic (exact) mass is 211 g/mol. The van der Waals surface area contributed by atoms with Crippen LogP contribution in [0.15, 0.2) is 18.3 Å². The van der Waals surface area contributed by atoms with Gasteiger partial charge < -0.3 is 9.47 Å². The Hall–Kier alpha value is -1.16. The molecule has 0 aromatic carbocycles. The van der Waals surface area contributed by atoms with E-state index in [1.54, 1.807) is 6.07 Å². The lowest BCUT2D eigenvalue weighted by molar-refractivity contribution is -0.0111. The lowest BCUT2D eigenvalue weighted by Crippen LogP contribution is -2.25. The van der Waals surface area contributed by atoms with Gasteiger partial charge in [0.15, 0.2) is 0 Å². The molecule has 1 aliphatic rings. The molecule has 0 bridgehead atoms. The first-order chi connectivity index (χ1) is 7.34. The second-order valence-corrected chi connectivity index (χ2v) is 3.61. The second-order valence-electron chi connectivity index (χ2n) is 3.61. The molecule has 1 aromatic heterocycles. The van der Waals surface area contributed by atoms with Crippen molar-refractivity contribution in [2.45, 2.75) is 25.4 Å². The molecule has 0 radical (unpaired) electrons. The molecule has 0 amide bonds. The molecule has 15 heavy (non-hydrogen) atoms. The summed E-state index contributed by atoms with van der Waals surface area (Å²) in [4.78, 5) is 3.46. The van der Waals surface area contributed by atoms with Crippen LogP contribution in [0.1, 0.15) is 19.3 Å². The average molecular weight is 211 g/mol. The molecule has 82 valence electrons. The zero-order valence-corrected chi connectivity index (χ0v) is 8.49. The van der Waals surface area contributed by atoms with E-state index < -0.39 is 5.95 Å². The van der Waals surface area contributed by atoms with Crippen LogP contribution in [0.5, 0.6) is 5.75 Å². The highest BCUT2D eigenvalue weighted by Crippen LogP contribution is 2.15. The van der Waals surface area contributed by atoms with Crippen LogP contribution >= 0.6 is 0 Å². The Morgan fingerprint density at radius 2 is 2.47 bits per heavy atom. The maximum Gasteiger partial charge on any atom is 0.216 e. The normalized spacial score (nSPS) is 21.3. The summed E-state index contributed by atoms with van der Waals surface area (Å²) in [5.74, 6) is -0.00580. The minimum atomic E-state index is -0.517. The minimum Gasteiger partial charge on any atom is -0.491 e. The lowest BCUT2D eigenvalue weighted by atomic mass is 10.1. The Kier molecular flexibility index (Phi) is 3.50. The highest BCUT2D eigenvalue weighted by molar-refractivity contribution is 5.17. The molecule has 1 fully saturated rings. The third-order valence-electron chi connectivity index (χ3n) is 2.41. The van der Waals surface area contributed by atoms with E-state index in [1.807, 2.05) is 0 Å². The Balaban J connectivity index is 1.81. The molecular formula is C11H14FNO2. The highest BCUT2D eigenvalue weighted by Gasteiger charge is 2.14. The van der Waals surface area contributed by atoms with Crippen molar-refractivity contribution in [2.75, 3.05) is 13.2 Å². The Bertz CT molecular complexity index is 313. The fourth-order valence-corrected chi connectivity index (χ4v) is 1.60. The molecule has 1 aliphatic heterocycles. The third-order valence-corrected chi connectivity index (χ3v) is 2.41. The second kappa shape index (κ2) is 5.07. The molecule has 1 atom stereocenters. The molecule has 0 spiro atoms. The first-order valence-corrected chi connectivity index (χ1v) is 5.20. The van der Waals surface area contributed by atoms with E-state index in [2.05, 4.69) is 4.98 Å². The van der Waals surface area contributed by atoms with Crippen molar-refractivity contribution in [1.29, 1.82) is 0 Å². The zero-order valence-electron chi connectivity index (χ0n) is 8.49. The van der Waals surface area contributed by atoms with Crippen LogP contribution < -0.4 is 4.74 Å². The maximum absolute atomic E-state index is 12.7. The maximum atomic E-state index is 12.7. The van der Waals surface area contributed by atoms with E-state index in [4.69, 9.17) is 9.47 Å². The molecule has 3 nitrogen and oxygen atoms in total. The summed E-state index contributed by atoms with van der Waals surface area (Å²) < 4.78 is 23.6. The predicted molar refractivity (Wildman–Crippen MR) is 53.3 cm³/mol. The van der Waals surface area contributed by atoms with Gasteiger partial charge in [-0.1, -0.05) is 0 Å². The van der Waals surface area contributed by atoms with Gasteiger partial charge in [-0.3, -0.25) is 0 Å². The summed E-state index contributed by atoms with van der Waals surface area (Å²) in [6, 6.07) is 2.93. The van der Waals surface area contributed by atoms with Crippen molar-refractivity contribution >= 4 is 0 Å². The highest BCUT2D eigenvalue weighted by atomic mass is 19.1. The summed E-state index contributed by atoms with van der Waals surface area (Å²) in [6.45, 7) is 1.29. The van der Waals surface area contributed by atoms with Crippen molar-refractivity contribution in [3.05, 3.63) is 24.3 Å². The van der Waals surface area contributed by atoms with Gasteiger partial charge in [-0.25, -0.2) is 4.98 Å². The molecule has 1 aromatic rings. The molecule has 0 N–H and O–H groups in total. The van der Waals surface area contributed by atoms with Gasteiger partial charge in [0.05, 0.1) is 6.10 Å². The Morgan fingerprint density at radius 3 is 3.20 bits per heavy atom. The summed E-state index contributed by atoms with van der Waals surface area (Å²) in [7, 11) is 0. The van der Waals surface area contributed by atoms with Crippen LogP contribution in [0.3, 0.4) is 0 Å². The molecule has 0 saturated carbocycles. The summed E-state index contributed by atoms with van der Waals surface area (Å²) in [5.41, 5.74) is 0. The van der Waals surface area contributed by atoms with Gasteiger partial charge in [0.25, 0.3) is 0 Å². The quantitative estimate of drug-likeness (QED) is 0.718. The van der Waals surface area contributed by atoms with Crippen LogP contribution in [0.25, 0.3) is 0 Å². The zero-order chi connectivity index (χ0) is 10.5. The standard InChI is InChI=1S/C11H14FNO2/c12-11-7-9(4-5-13-11)15-8-10-3-1-2-6-14-10/h4-5,7,10H,1-3,6,8H2. The van der Waals surface area contributed by atoms with Crippen LogP contribution in [0.4, 0.5) is 4.39 Å². The van der Waals surface area contributed by atoms with Crippen molar-refractivity contribution in [3.8, 4) is 5.75 Å².